The molecule has 3 rings (SSSR count). The molecule has 2 aliphatic rings. The van der Waals surface area contributed by atoms with Crippen LogP contribution in [0.25, 0.3) is 0 Å². The number of benzene rings is 1. The van der Waals surface area contributed by atoms with E-state index in [0.717, 1.165) is 13.0 Å². The van der Waals surface area contributed by atoms with Crippen molar-refractivity contribution in [3.8, 4) is 0 Å². The van der Waals surface area contributed by atoms with Crippen LogP contribution in [-0.4, -0.2) is 29.4 Å². The van der Waals surface area contributed by atoms with Gasteiger partial charge in [-0.25, -0.2) is 10.9 Å². The van der Waals surface area contributed by atoms with Gasteiger partial charge >= 0.3 is 0 Å². The zero-order chi connectivity index (χ0) is 13.2. The van der Waals surface area contributed by atoms with Gasteiger partial charge in [-0.05, 0) is 31.7 Å². The van der Waals surface area contributed by atoms with Crippen molar-refractivity contribution >= 4 is 5.91 Å². The number of nitrogens with zero attached hydrogens (tertiary/aromatic N) is 1. The topological polar surface area (TPSA) is 44.4 Å². The molecule has 0 bridgehead atoms. The van der Waals surface area contributed by atoms with Gasteiger partial charge in [0.05, 0.1) is 0 Å². The molecule has 0 spiro atoms. The summed E-state index contributed by atoms with van der Waals surface area (Å²) < 4.78 is 0. The molecule has 0 radical (unpaired) electrons. The molecule has 2 atom stereocenters. The predicted molar refractivity (Wildman–Crippen MR) is 74.3 cm³/mol. The Morgan fingerprint density at radius 2 is 2.00 bits per heavy atom. The number of amides is 1. The van der Waals surface area contributed by atoms with E-state index in [1.165, 1.54) is 18.4 Å². The Bertz CT molecular complexity index is 444. The van der Waals surface area contributed by atoms with E-state index in [4.69, 9.17) is 0 Å². The van der Waals surface area contributed by atoms with Crippen molar-refractivity contribution in [3.63, 3.8) is 0 Å². The molecule has 1 aliphatic heterocycles. The van der Waals surface area contributed by atoms with Crippen molar-refractivity contribution in [2.45, 2.75) is 44.3 Å². The second-order valence-corrected chi connectivity index (χ2v) is 5.40. The van der Waals surface area contributed by atoms with Gasteiger partial charge in [0, 0.05) is 18.6 Å². The van der Waals surface area contributed by atoms with Crippen LogP contribution in [0, 0.1) is 0 Å². The highest BCUT2D eigenvalue weighted by Gasteiger charge is 2.38. The Morgan fingerprint density at radius 1 is 1.26 bits per heavy atom. The van der Waals surface area contributed by atoms with Crippen LogP contribution in [0.3, 0.4) is 0 Å². The van der Waals surface area contributed by atoms with Crippen LogP contribution in [0.1, 0.15) is 37.8 Å². The van der Waals surface area contributed by atoms with Crippen LogP contribution >= 0.6 is 0 Å². The van der Waals surface area contributed by atoms with Gasteiger partial charge in [-0.2, -0.15) is 0 Å². The van der Waals surface area contributed by atoms with Crippen molar-refractivity contribution < 1.29 is 4.79 Å². The van der Waals surface area contributed by atoms with Gasteiger partial charge in [-0.3, -0.25) is 4.79 Å². The Balaban J connectivity index is 1.63. The summed E-state index contributed by atoms with van der Waals surface area (Å²) in [6.07, 6.45) is 3.16. The first kappa shape index (κ1) is 12.6. The maximum atomic E-state index is 12.5. The predicted octanol–water partition coefficient (Wildman–Crippen LogP) is 1.61. The van der Waals surface area contributed by atoms with Crippen molar-refractivity contribution in [2.75, 3.05) is 6.54 Å². The molecule has 1 heterocycles. The van der Waals surface area contributed by atoms with Crippen LogP contribution in [0.2, 0.25) is 0 Å². The summed E-state index contributed by atoms with van der Waals surface area (Å²) in [4.78, 5) is 14.5. The Hall–Kier alpha value is -1.39. The third-order valence-corrected chi connectivity index (χ3v) is 4.01. The summed E-state index contributed by atoms with van der Waals surface area (Å²) in [5.74, 6) is 0.246. The molecule has 1 aromatic rings. The number of likely N-dealkylation sites (N-methyl/N-ethyl adjacent to an activating group) is 1. The third-order valence-electron chi connectivity index (χ3n) is 4.01. The Labute approximate surface area is 114 Å². The number of carbonyl (C=O) groups excluding carboxylic acids is 1. The molecule has 102 valence electrons. The average molecular weight is 259 g/mol. The van der Waals surface area contributed by atoms with Crippen LogP contribution in [0.5, 0.6) is 0 Å². The van der Waals surface area contributed by atoms with Crippen LogP contribution in [0.4, 0.5) is 0 Å². The first-order valence-electron chi connectivity index (χ1n) is 7.16. The highest BCUT2D eigenvalue weighted by atomic mass is 16.2. The van der Waals surface area contributed by atoms with Crippen molar-refractivity contribution in [3.05, 3.63) is 35.9 Å². The van der Waals surface area contributed by atoms with E-state index in [-0.39, 0.29) is 18.0 Å². The lowest BCUT2D eigenvalue weighted by Crippen LogP contribution is -2.46. The van der Waals surface area contributed by atoms with Crippen LogP contribution < -0.4 is 10.9 Å². The van der Waals surface area contributed by atoms with Gasteiger partial charge in [0.2, 0.25) is 5.91 Å². The minimum atomic E-state index is -0.0919. The molecule has 1 saturated heterocycles. The molecule has 1 saturated carbocycles. The third kappa shape index (κ3) is 2.65. The number of hydrogen-bond donors (Lipinski definition) is 2. The number of nitrogens with one attached hydrogen (secondary N) is 2. The van der Waals surface area contributed by atoms with E-state index in [1.807, 2.05) is 23.1 Å². The lowest BCUT2D eigenvalue weighted by atomic mass is 10.0. The van der Waals surface area contributed by atoms with Crippen molar-refractivity contribution in [1.82, 2.24) is 15.8 Å². The molecule has 19 heavy (non-hydrogen) atoms. The lowest BCUT2D eigenvalue weighted by molar-refractivity contribution is -0.133. The quantitative estimate of drug-likeness (QED) is 0.863. The van der Waals surface area contributed by atoms with E-state index >= 15 is 0 Å². The SMILES string of the molecule is CCN(C(=O)C1CC(c2ccccc2)NN1)C1CC1. The molecular formula is C15H21N3O. The van der Waals surface area contributed by atoms with Crippen molar-refractivity contribution in [2.24, 2.45) is 0 Å². The van der Waals surface area contributed by atoms with Gasteiger partial charge in [-0.1, -0.05) is 30.3 Å². The summed E-state index contributed by atoms with van der Waals surface area (Å²) in [6, 6.07) is 10.9. The summed E-state index contributed by atoms with van der Waals surface area (Å²) in [5, 5.41) is 0. The van der Waals surface area contributed by atoms with Gasteiger partial charge < -0.3 is 4.90 Å². The van der Waals surface area contributed by atoms with Crippen LogP contribution in [-0.2, 0) is 4.79 Å². The lowest BCUT2D eigenvalue weighted by Gasteiger charge is -2.23. The highest BCUT2D eigenvalue weighted by Crippen LogP contribution is 2.29. The van der Waals surface area contributed by atoms with Gasteiger partial charge in [0.1, 0.15) is 6.04 Å². The van der Waals surface area contributed by atoms with E-state index in [0.29, 0.717) is 6.04 Å². The maximum Gasteiger partial charge on any atom is 0.241 e. The smallest absolute Gasteiger partial charge is 0.241 e. The van der Waals surface area contributed by atoms with Gasteiger partial charge in [0.15, 0.2) is 0 Å². The highest BCUT2D eigenvalue weighted by molar-refractivity contribution is 5.82. The molecule has 0 aromatic heterocycles. The maximum absolute atomic E-state index is 12.5. The fourth-order valence-corrected chi connectivity index (χ4v) is 2.80. The van der Waals surface area contributed by atoms with Crippen LogP contribution in [0.15, 0.2) is 30.3 Å². The largest absolute Gasteiger partial charge is 0.339 e. The first-order valence-corrected chi connectivity index (χ1v) is 7.16. The zero-order valence-electron chi connectivity index (χ0n) is 11.3. The van der Waals surface area contributed by atoms with Gasteiger partial charge in [-0.15, -0.1) is 0 Å². The summed E-state index contributed by atoms with van der Waals surface area (Å²) in [5.41, 5.74) is 7.64. The number of rotatable bonds is 4. The first-order chi connectivity index (χ1) is 9.29. The molecular weight excluding hydrogens is 238 g/mol. The number of carbonyl (C=O) groups is 1. The van der Waals surface area contributed by atoms with E-state index in [1.54, 1.807) is 0 Å². The van der Waals surface area contributed by atoms with E-state index < -0.39 is 0 Å². The molecule has 4 nitrogen and oxygen atoms in total. The summed E-state index contributed by atoms with van der Waals surface area (Å²) in [7, 11) is 0. The molecule has 2 fully saturated rings. The zero-order valence-corrected chi connectivity index (χ0v) is 11.3. The Morgan fingerprint density at radius 3 is 2.63 bits per heavy atom. The molecule has 2 unspecified atom stereocenters. The number of hydrogen-bond acceptors (Lipinski definition) is 3. The number of hydrazine groups is 1. The van der Waals surface area contributed by atoms with E-state index in [2.05, 4.69) is 29.9 Å². The minimum absolute atomic E-state index is 0.0919. The van der Waals surface area contributed by atoms with Gasteiger partial charge in [0.25, 0.3) is 0 Å². The molecule has 2 N–H and O–H groups in total. The average Bonchev–Trinajstić information content (AvgIpc) is 3.16. The molecule has 1 aromatic carbocycles. The molecule has 1 amide bonds. The monoisotopic (exact) mass is 259 g/mol. The second kappa shape index (κ2) is 5.31. The molecule has 4 heteroatoms. The summed E-state index contributed by atoms with van der Waals surface area (Å²) >= 11 is 0. The Kier molecular flexibility index (Phi) is 3.53. The fraction of sp³-hybridized carbons (Fsp3) is 0.533. The second-order valence-electron chi connectivity index (χ2n) is 5.40. The van der Waals surface area contributed by atoms with Crippen molar-refractivity contribution in [1.29, 1.82) is 0 Å². The molecule has 1 aliphatic carbocycles. The standard InChI is InChI=1S/C15H21N3O/c1-2-18(12-8-9-12)15(19)14-10-13(16-17-14)11-6-4-3-5-7-11/h3-7,12-14,16-17H,2,8-10H2,1H3. The normalized spacial score (nSPS) is 26.4. The van der Waals surface area contributed by atoms with E-state index in [9.17, 15) is 4.79 Å². The fourth-order valence-electron chi connectivity index (χ4n) is 2.80. The summed E-state index contributed by atoms with van der Waals surface area (Å²) in [6.45, 7) is 2.88. The minimum Gasteiger partial charge on any atom is -0.339 e.